The van der Waals surface area contributed by atoms with E-state index in [0.717, 1.165) is 39.0 Å². The standard InChI is InChI=1S/C22H18N2O3/c1-27-17-7-8-18-19(10-14-9-16(22(25)26)13-23-12-14)21(24-20(18)11-17)15-5-3-2-4-6-15/h2-9,11-13,24H,10H2,1H3,(H,25,26). The van der Waals surface area contributed by atoms with Crippen molar-refractivity contribution in [2.45, 2.75) is 6.42 Å². The Labute approximate surface area is 156 Å². The number of aromatic amines is 1. The van der Waals surface area contributed by atoms with Gasteiger partial charge in [-0.1, -0.05) is 30.3 Å². The Bertz CT molecular complexity index is 1120. The normalized spacial score (nSPS) is 10.9. The second-order valence-corrected chi connectivity index (χ2v) is 6.32. The number of carboxylic acids is 1. The van der Waals surface area contributed by atoms with Crippen molar-refractivity contribution in [2.75, 3.05) is 7.11 Å². The van der Waals surface area contributed by atoms with Crippen LogP contribution >= 0.6 is 0 Å². The van der Waals surface area contributed by atoms with Crippen molar-refractivity contribution < 1.29 is 14.6 Å². The monoisotopic (exact) mass is 358 g/mol. The van der Waals surface area contributed by atoms with E-state index in [9.17, 15) is 9.90 Å². The summed E-state index contributed by atoms with van der Waals surface area (Å²) in [5.74, 6) is -0.194. The SMILES string of the molecule is COc1ccc2c(Cc3cncc(C(=O)O)c3)c(-c3ccccc3)[nH]c2c1. The lowest BCUT2D eigenvalue weighted by molar-refractivity contribution is 0.0696. The van der Waals surface area contributed by atoms with Gasteiger partial charge in [0.2, 0.25) is 0 Å². The molecule has 4 aromatic rings. The Kier molecular flexibility index (Phi) is 4.34. The van der Waals surface area contributed by atoms with Gasteiger partial charge in [-0.15, -0.1) is 0 Å². The summed E-state index contributed by atoms with van der Waals surface area (Å²) < 4.78 is 5.34. The molecule has 0 atom stereocenters. The lowest BCUT2D eigenvalue weighted by Gasteiger charge is -2.06. The van der Waals surface area contributed by atoms with Gasteiger partial charge in [0.05, 0.1) is 18.4 Å². The summed E-state index contributed by atoms with van der Waals surface area (Å²) >= 11 is 0. The minimum atomic E-state index is -0.976. The summed E-state index contributed by atoms with van der Waals surface area (Å²) in [5, 5.41) is 10.3. The lowest BCUT2D eigenvalue weighted by Crippen LogP contribution is -1.99. The maximum absolute atomic E-state index is 11.3. The van der Waals surface area contributed by atoms with Crippen LogP contribution in [0.3, 0.4) is 0 Å². The van der Waals surface area contributed by atoms with Gasteiger partial charge in [-0.25, -0.2) is 4.79 Å². The topological polar surface area (TPSA) is 75.2 Å². The number of methoxy groups -OCH3 is 1. The van der Waals surface area contributed by atoms with Gasteiger partial charge < -0.3 is 14.8 Å². The van der Waals surface area contributed by atoms with Gasteiger partial charge in [-0.3, -0.25) is 4.98 Å². The van der Waals surface area contributed by atoms with Crippen LogP contribution in [-0.2, 0) is 6.42 Å². The Morgan fingerprint density at radius 3 is 2.67 bits per heavy atom. The van der Waals surface area contributed by atoms with E-state index in [0.29, 0.717) is 6.42 Å². The van der Waals surface area contributed by atoms with Crippen LogP contribution in [0.4, 0.5) is 0 Å². The molecule has 0 aliphatic rings. The predicted molar refractivity (Wildman–Crippen MR) is 104 cm³/mol. The van der Waals surface area contributed by atoms with Gasteiger partial charge in [0.15, 0.2) is 0 Å². The number of nitrogens with one attached hydrogen (secondary N) is 1. The number of hydrogen-bond donors (Lipinski definition) is 2. The van der Waals surface area contributed by atoms with Crippen LogP contribution in [-0.4, -0.2) is 28.2 Å². The number of pyridine rings is 1. The minimum Gasteiger partial charge on any atom is -0.497 e. The molecule has 27 heavy (non-hydrogen) atoms. The highest BCUT2D eigenvalue weighted by molar-refractivity contribution is 5.92. The molecule has 5 nitrogen and oxygen atoms in total. The van der Waals surface area contributed by atoms with Crippen molar-refractivity contribution in [3.8, 4) is 17.0 Å². The number of carbonyl (C=O) groups is 1. The van der Waals surface area contributed by atoms with E-state index in [-0.39, 0.29) is 5.56 Å². The number of aromatic nitrogens is 2. The van der Waals surface area contributed by atoms with E-state index in [2.05, 4.69) is 22.1 Å². The first-order valence-corrected chi connectivity index (χ1v) is 8.57. The number of ether oxygens (including phenoxy) is 1. The van der Waals surface area contributed by atoms with Crippen molar-refractivity contribution in [2.24, 2.45) is 0 Å². The number of rotatable bonds is 5. The Morgan fingerprint density at radius 2 is 1.93 bits per heavy atom. The van der Waals surface area contributed by atoms with E-state index in [4.69, 9.17) is 4.74 Å². The molecule has 5 heteroatoms. The van der Waals surface area contributed by atoms with Crippen LogP contribution in [0.2, 0.25) is 0 Å². The van der Waals surface area contributed by atoms with Gasteiger partial charge in [0, 0.05) is 35.8 Å². The molecule has 0 bridgehead atoms. The zero-order chi connectivity index (χ0) is 18.8. The molecule has 2 aromatic carbocycles. The molecule has 134 valence electrons. The van der Waals surface area contributed by atoms with Crippen molar-refractivity contribution in [3.63, 3.8) is 0 Å². The second-order valence-electron chi connectivity index (χ2n) is 6.32. The molecule has 0 saturated heterocycles. The molecule has 0 amide bonds. The quantitative estimate of drug-likeness (QED) is 0.550. The molecular weight excluding hydrogens is 340 g/mol. The van der Waals surface area contributed by atoms with Gasteiger partial charge in [-0.2, -0.15) is 0 Å². The molecule has 0 radical (unpaired) electrons. The van der Waals surface area contributed by atoms with Crippen molar-refractivity contribution >= 4 is 16.9 Å². The molecule has 2 N–H and O–H groups in total. The zero-order valence-corrected chi connectivity index (χ0v) is 14.8. The van der Waals surface area contributed by atoms with Crippen LogP contribution in [0.15, 0.2) is 67.0 Å². The van der Waals surface area contributed by atoms with Gasteiger partial charge >= 0.3 is 5.97 Å². The summed E-state index contributed by atoms with van der Waals surface area (Å²) in [6, 6.07) is 17.7. The maximum atomic E-state index is 11.3. The molecule has 0 spiro atoms. The Morgan fingerprint density at radius 1 is 1.11 bits per heavy atom. The third-order valence-corrected chi connectivity index (χ3v) is 4.60. The van der Waals surface area contributed by atoms with Crippen molar-refractivity contribution in [3.05, 3.63) is 83.7 Å². The second kappa shape index (κ2) is 6.96. The number of aromatic carboxylic acids is 1. The Balaban J connectivity index is 1.87. The fraction of sp³-hybridized carbons (Fsp3) is 0.0909. The number of H-pyrrole nitrogens is 1. The smallest absolute Gasteiger partial charge is 0.337 e. The van der Waals surface area contributed by atoms with E-state index in [1.807, 2.05) is 36.4 Å². The van der Waals surface area contributed by atoms with Gasteiger partial charge in [0.25, 0.3) is 0 Å². The van der Waals surface area contributed by atoms with E-state index < -0.39 is 5.97 Å². The summed E-state index contributed by atoms with van der Waals surface area (Å²) in [6.45, 7) is 0. The molecule has 2 heterocycles. The summed E-state index contributed by atoms with van der Waals surface area (Å²) in [4.78, 5) is 18.8. The molecule has 0 fully saturated rings. The van der Waals surface area contributed by atoms with E-state index >= 15 is 0 Å². The zero-order valence-electron chi connectivity index (χ0n) is 14.8. The highest BCUT2D eigenvalue weighted by Gasteiger charge is 2.15. The highest BCUT2D eigenvalue weighted by atomic mass is 16.5. The van der Waals surface area contributed by atoms with E-state index in [1.54, 1.807) is 19.4 Å². The number of hydrogen-bond acceptors (Lipinski definition) is 3. The third kappa shape index (κ3) is 3.27. The average molecular weight is 358 g/mol. The number of benzene rings is 2. The fourth-order valence-electron chi connectivity index (χ4n) is 3.30. The van der Waals surface area contributed by atoms with Gasteiger partial charge in [-0.05, 0) is 34.9 Å². The molecule has 0 aliphatic heterocycles. The number of fused-ring (bicyclic) bond motifs is 1. The van der Waals surface area contributed by atoms with Crippen molar-refractivity contribution in [1.29, 1.82) is 0 Å². The van der Waals surface area contributed by atoms with Crippen molar-refractivity contribution in [1.82, 2.24) is 9.97 Å². The first-order chi connectivity index (χ1) is 13.2. The molecule has 2 aromatic heterocycles. The summed E-state index contributed by atoms with van der Waals surface area (Å²) in [5.41, 5.74) is 5.21. The van der Waals surface area contributed by atoms with Crippen LogP contribution in [0.25, 0.3) is 22.2 Å². The number of carboxylic acid groups (broad SMARTS) is 1. The summed E-state index contributed by atoms with van der Waals surface area (Å²) in [7, 11) is 1.65. The molecular formula is C22H18N2O3. The largest absolute Gasteiger partial charge is 0.497 e. The molecule has 0 saturated carbocycles. The lowest BCUT2D eigenvalue weighted by atomic mass is 9.98. The Hall–Kier alpha value is -3.60. The minimum absolute atomic E-state index is 0.190. The average Bonchev–Trinajstić information content (AvgIpc) is 3.06. The van der Waals surface area contributed by atoms with Crippen LogP contribution in [0.5, 0.6) is 5.75 Å². The fourth-order valence-corrected chi connectivity index (χ4v) is 3.30. The molecule has 0 unspecified atom stereocenters. The highest BCUT2D eigenvalue weighted by Crippen LogP contribution is 2.33. The van der Waals surface area contributed by atoms with E-state index in [1.165, 1.54) is 6.20 Å². The van der Waals surface area contributed by atoms with Crippen LogP contribution in [0, 0.1) is 0 Å². The molecule has 4 rings (SSSR count). The van der Waals surface area contributed by atoms with Gasteiger partial charge in [0.1, 0.15) is 5.75 Å². The van der Waals surface area contributed by atoms with Crippen LogP contribution < -0.4 is 4.74 Å². The predicted octanol–water partition coefficient (Wildman–Crippen LogP) is 4.53. The summed E-state index contributed by atoms with van der Waals surface area (Å²) in [6.07, 6.45) is 3.65. The van der Waals surface area contributed by atoms with Crippen LogP contribution in [0.1, 0.15) is 21.5 Å². The molecule has 0 aliphatic carbocycles. The maximum Gasteiger partial charge on any atom is 0.337 e. The first kappa shape index (κ1) is 16.8. The third-order valence-electron chi connectivity index (χ3n) is 4.60. The first-order valence-electron chi connectivity index (χ1n) is 8.57. The number of nitrogens with zero attached hydrogens (tertiary/aromatic N) is 1.